The summed E-state index contributed by atoms with van der Waals surface area (Å²) in [6.07, 6.45) is 0. The first-order valence-electron chi connectivity index (χ1n) is 5.86. The lowest BCUT2D eigenvalue weighted by Gasteiger charge is -2.12. The second-order valence-corrected chi connectivity index (χ2v) is 5.97. The molecule has 0 saturated heterocycles. The summed E-state index contributed by atoms with van der Waals surface area (Å²) in [5, 5.41) is 12.4. The Balaban J connectivity index is 1.90. The maximum atomic E-state index is 8.97. The van der Waals surface area contributed by atoms with Crippen LogP contribution in [0.25, 0.3) is 0 Å². The van der Waals surface area contributed by atoms with Gasteiger partial charge in [0.25, 0.3) is 0 Å². The summed E-state index contributed by atoms with van der Waals surface area (Å²) in [5.41, 5.74) is 2.15. The predicted octanol–water partition coefficient (Wildman–Crippen LogP) is 3.74. The summed E-state index contributed by atoms with van der Waals surface area (Å²) in [4.78, 5) is 1.24. The quantitative estimate of drug-likeness (QED) is 0.875. The van der Waals surface area contributed by atoms with Gasteiger partial charge in [-0.25, -0.2) is 0 Å². The lowest BCUT2D eigenvalue weighted by atomic mass is 10.1. The van der Waals surface area contributed by atoms with Crippen LogP contribution in [-0.2, 0) is 13.2 Å². The topological polar surface area (TPSA) is 32.3 Å². The molecule has 0 fully saturated rings. The molecule has 0 aliphatic rings. The van der Waals surface area contributed by atoms with Crippen molar-refractivity contribution in [1.29, 1.82) is 0 Å². The van der Waals surface area contributed by atoms with Crippen LogP contribution in [0.2, 0.25) is 4.34 Å². The van der Waals surface area contributed by atoms with Crippen LogP contribution in [0.5, 0.6) is 0 Å². The van der Waals surface area contributed by atoms with Crippen LogP contribution in [-0.4, -0.2) is 5.11 Å². The van der Waals surface area contributed by atoms with E-state index in [4.69, 9.17) is 16.7 Å². The van der Waals surface area contributed by atoms with E-state index in [1.807, 2.05) is 30.3 Å². The smallest absolute Gasteiger partial charge is 0.0931 e. The maximum Gasteiger partial charge on any atom is 0.0931 e. The molecule has 0 bridgehead atoms. The number of halogens is 1. The fourth-order valence-electron chi connectivity index (χ4n) is 1.70. The fourth-order valence-corrected chi connectivity index (χ4v) is 2.78. The Kier molecular flexibility index (Phi) is 4.78. The highest BCUT2D eigenvalue weighted by Crippen LogP contribution is 2.26. The average molecular weight is 282 g/mol. The molecular formula is C14H16ClNOS. The zero-order chi connectivity index (χ0) is 13.0. The van der Waals surface area contributed by atoms with Gasteiger partial charge >= 0.3 is 0 Å². The molecule has 2 aromatic rings. The summed E-state index contributed by atoms with van der Waals surface area (Å²) < 4.78 is 0.825. The highest BCUT2D eigenvalue weighted by atomic mass is 35.5. The number of nitrogens with one attached hydrogen (secondary N) is 1. The summed E-state index contributed by atoms with van der Waals surface area (Å²) >= 11 is 7.53. The van der Waals surface area contributed by atoms with Crippen LogP contribution in [0.4, 0.5) is 0 Å². The van der Waals surface area contributed by atoms with Crippen molar-refractivity contribution in [1.82, 2.24) is 5.32 Å². The second-order valence-electron chi connectivity index (χ2n) is 4.22. The SMILES string of the molecule is CC(NCc1ccc(CO)cc1)c1ccc(Cl)s1. The Labute approximate surface area is 116 Å². The number of rotatable bonds is 5. The van der Waals surface area contributed by atoms with Crippen LogP contribution in [0, 0.1) is 0 Å². The van der Waals surface area contributed by atoms with Gasteiger partial charge in [-0.3, -0.25) is 0 Å². The summed E-state index contributed by atoms with van der Waals surface area (Å²) in [6.45, 7) is 3.03. The molecule has 96 valence electrons. The molecule has 1 atom stereocenters. The number of benzene rings is 1. The number of aliphatic hydroxyl groups excluding tert-OH is 1. The fraction of sp³-hybridized carbons (Fsp3) is 0.286. The van der Waals surface area contributed by atoms with E-state index < -0.39 is 0 Å². The molecule has 0 amide bonds. The molecule has 1 unspecified atom stereocenters. The Bertz CT molecular complexity index is 495. The van der Waals surface area contributed by atoms with E-state index in [2.05, 4.69) is 18.3 Å². The van der Waals surface area contributed by atoms with Gasteiger partial charge in [-0.2, -0.15) is 0 Å². The lowest BCUT2D eigenvalue weighted by Crippen LogP contribution is -2.17. The van der Waals surface area contributed by atoms with Crippen molar-refractivity contribution in [2.75, 3.05) is 0 Å². The van der Waals surface area contributed by atoms with Crippen molar-refractivity contribution < 1.29 is 5.11 Å². The van der Waals surface area contributed by atoms with E-state index in [-0.39, 0.29) is 6.61 Å². The van der Waals surface area contributed by atoms with Crippen LogP contribution < -0.4 is 5.32 Å². The Morgan fingerprint density at radius 2 is 1.83 bits per heavy atom. The molecule has 18 heavy (non-hydrogen) atoms. The predicted molar refractivity (Wildman–Crippen MR) is 76.9 cm³/mol. The van der Waals surface area contributed by atoms with Gasteiger partial charge in [0.1, 0.15) is 0 Å². The molecule has 1 aromatic carbocycles. The van der Waals surface area contributed by atoms with Crippen LogP contribution in [0.3, 0.4) is 0 Å². The third-order valence-corrected chi connectivity index (χ3v) is 4.25. The van der Waals surface area contributed by atoms with Gasteiger partial charge in [0.2, 0.25) is 0 Å². The van der Waals surface area contributed by atoms with E-state index in [1.54, 1.807) is 11.3 Å². The number of aliphatic hydroxyl groups is 1. The molecule has 0 spiro atoms. The van der Waals surface area contributed by atoms with Gasteiger partial charge in [-0.15, -0.1) is 11.3 Å². The standard InChI is InChI=1S/C14H16ClNOS/c1-10(13-6-7-14(15)18-13)16-8-11-2-4-12(9-17)5-3-11/h2-7,10,16-17H,8-9H2,1H3. The van der Waals surface area contributed by atoms with Gasteiger partial charge in [-0.1, -0.05) is 35.9 Å². The Morgan fingerprint density at radius 1 is 1.17 bits per heavy atom. The normalized spacial score (nSPS) is 12.6. The van der Waals surface area contributed by atoms with E-state index in [0.29, 0.717) is 6.04 Å². The molecular weight excluding hydrogens is 266 g/mol. The van der Waals surface area contributed by atoms with Crippen molar-refractivity contribution in [2.24, 2.45) is 0 Å². The van der Waals surface area contributed by atoms with Crippen LogP contribution in [0.15, 0.2) is 36.4 Å². The molecule has 0 radical (unpaired) electrons. The third kappa shape index (κ3) is 3.56. The van der Waals surface area contributed by atoms with E-state index in [1.165, 1.54) is 10.4 Å². The first-order chi connectivity index (χ1) is 8.69. The van der Waals surface area contributed by atoms with Crippen molar-refractivity contribution >= 4 is 22.9 Å². The molecule has 2 N–H and O–H groups in total. The van der Waals surface area contributed by atoms with E-state index in [9.17, 15) is 0 Å². The van der Waals surface area contributed by atoms with Crippen LogP contribution in [0.1, 0.15) is 29.0 Å². The molecule has 1 heterocycles. The molecule has 1 aromatic heterocycles. The highest BCUT2D eigenvalue weighted by molar-refractivity contribution is 7.16. The molecule has 2 nitrogen and oxygen atoms in total. The average Bonchev–Trinajstić information content (AvgIpc) is 2.83. The molecule has 2 rings (SSSR count). The zero-order valence-corrected chi connectivity index (χ0v) is 11.8. The minimum atomic E-state index is 0.0950. The van der Waals surface area contributed by atoms with Gasteiger partial charge < -0.3 is 10.4 Å². The maximum absolute atomic E-state index is 8.97. The zero-order valence-electron chi connectivity index (χ0n) is 10.2. The highest BCUT2D eigenvalue weighted by Gasteiger charge is 2.07. The van der Waals surface area contributed by atoms with Gasteiger partial charge in [-0.05, 0) is 30.2 Å². The van der Waals surface area contributed by atoms with Crippen molar-refractivity contribution in [3.63, 3.8) is 0 Å². The van der Waals surface area contributed by atoms with Crippen molar-refractivity contribution in [3.8, 4) is 0 Å². The first-order valence-corrected chi connectivity index (χ1v) is 7.06. The van der Waals surface area contributed by atoms with Crippen molar-refractivity contribution in [2.45, 2.75) is 26.1 Å². The summed E-state index contributed by atoms with van der Waals surface area (Å²) in [7, 11) is 0. The van der Waals surface area contributed by atoms with Gasteiger partial charge in [0, 0.05) is 17.5 Å². The van der Waals surface area contributed by atoms with Gasteiger partial charge in [0.15, 0.2) is 0 Å². The monoisotopic (exact) mass is 281 g/mol. The van der Waals surface area contributed by atoms with E-state index in [0.717, 1.165) is 16.4 Å². The Morgan fingerprint density at radius 3 is 2.39 bits per heavy atom. The lowest BCUT2D eigenvalue weighted by molar-refractivity contribution is 0.282. The minimum Gasteiger partial charge on any atom is -0.392 e. The number of hydrogen-bond donors (Lipinski definition) is 2. The van der Waals surface area contributed by atoms with Crippen molar-refractivity contribution in [3.05, 3.63) is 56.7 Å². The molecule has 0 aliphatic carbocycles. The van der Waals surface area contributed by atoms with Gasteiger partial charge in [0.05, 0.1) is 10.9 Å². The second kappa shape index (κ2) is 6.34. The largest absolute Gasteiger partial charge is 0.392 e. The number of hydrogen-bond acceptors (Lipinski definition) is 3. The minimum absolute atomic E-state index is 0.0950. The van der Waals surface area contributed by atoms with E-state index >= 15 is 0 Å². The number of thiophene rings is 1. The first kappa shape index (κ1) is 13.6. The summed E-state index contributed by atoms with van der Waals surface area (Å²) in [6, 6.07) is 12.2. The molecule has 4 heteroatoms. The Hall–Kier alpha value is -0.870. The molecule has 0 saturated carbocycles. The van der Waals surface area contributed by atoms with Crippen LogP contribution >= 0.6 is 22.9 Å². The summed E-state index contributed by atoms with van der Waals surface area (Å²) in [5.74, 6) is 0. The third-order valence-electron chi connectivity index (χ3n) is 2.84. The molecule has 0 aliphatic heterocycles.